The van der Waals surface area contributed by atoms with Gasteiger partial charge >= 0.3 is 17.9 Å². The third kappa shape index (κ3) is 6.21. The van der Waals surface area contributed by atoms with E-state index >= 15 is 0 Å². The number of hydrogen-bond donors (Lipinski definition) is 0. The van der Waals surface area contributed by atoms with E-state index in [1.807, 2.05) is 0 Å². The molecule has 10 heteroatoms. The van der Waals surface area contributed by atoms with Crippen molar-refractivity contribution in [3.8, 4) is 5.75 Å². The zero-order chi connectivity index (χ0) is 20.8. The Kier molecular flexibility index (Phi) is 8.32. The average Bonchev–Trinajstić information content (AvgIpc) is 2.60. The number of halogens is 2. The Bertz CT molecular complexity index is 710. The van der Waals surface area contributed by atoms with Crippen molar-refractivity contribution in [3.63, 3.8) is 0 Å². The summed E-state index contributed by atoms with van der Waals surface area (Å²) in [6.07, 6.45) is -4.97. The lowest BCUT2D eigenvalue weighted by molar-refractivity contribution is -0.279. The molecular weight excluding hydrogens is 507 g/mol. The van der Waals surface area contributed by atoms with E-state index in [0.29, 0.717) is 15.2 Å². The van der Waals surface area contributed by atoms with Crippen LogP contribution in [-0.4, -0.2) is 53.0 Å². The van der Waals surface area contributed by atoms with Crippen LogP contribution in [0.5, 0.6) is 5.75 Å². The summed E-state index contributed by atoms with van der Waals surface area (Å²) < 4.78 is 28.1. The van der Waals surface area contributed by atoms with Crippen molar-refractivity contribution in [1.29, 1.82) is 0 Å². The molecular formula is C18H20ClIO8. The van der Waals surface area contributed by atoms with E-state index in [4.69, 9.17) is 35.3 Å². The van der Waals surface area contributed by atoms with Crippen molar-refractivity contribution in [2.75, 3.05) is 4.43 Å². The van der Waals surface area contributed by atoms with Crippen LogP contribution in [0.2, 0.25) is 5.02 Å². The molecule has 1 fully saturated rings. The molecule has 1 saturated heterocycles. The average molecular weight is 527 g/mol. The molecule has 0 aliphatic carbocycles. The Morgan fingerprint density at radius 2 is 1.43 bits per heavy atom. The van der Waals surface area contributed by atoms with Gasteiger partial charge in [0, 0.05) is 30.2 Å². The van der Waals surface area contributed by atoms with Crippen molar-refractivity contribution in [2.45, 2.75) is 51.5 Å². The van der Waals surface area contributed by atoms with Crippen LogP contribution in [0.4, 0.5) is 0 Å². The van der Waals surface area contributed by atoms with Crippen LogP contribution in [-0.2, 0) is 33.3 Å². The minimum absolute atomic E-state index is 0.404. The molecule has 0 amide bonds. The van der Waals surface area contributed by atoms with E-state index in [1.165, 1.54) is 20.8 Å². The van der Waals surface area contributed by atoms with Crippen molar-refractivity contribution in [1.82, 2.24) is 0 Å². The molecule has 28 heavy (non-hydrogen) atoms. The maximum Gasteiger partial charge on any atom is 0.303 e. The van der Waals surface area contributed by atoms with Crippen molar-refractivity contribution in [2.24, 2.45) is 0 Å². The lowest BCUT2D eigenvalue weighted by Gasteiger charge is -2.43. The van der Waals surface area contributed by atoms with Gasteiger partial charge in [0.05, 0.1) is 0 Å². The SMILES string of the molecule is CC(=O)O[C@H]1[C@@H](OC(C)=O)[C@H](CI)O[C@@H](Oc2ccc(Cl)cc2)[C@@H]1OC(C)=O. The Hall–Kier alpha value is -1.59. The van der Waals surface area contributed by atoms with Gasteiger partial charge in [-0.2, -0.15) is 0 Å². The lowest BCUT2D eigenvalue weighted by Crippen LogP contribution is -2.63. The molecule has 1 aliphatic heterocycles. The van der Waals surface area contributed by atoms with Gasteiger partial charge in [0.25, 0.3) is 0 Å². The second-order valence-corrected chi connectivity index (χ2v) is 7.31. The van der Waals surface area contributed by atoms with E-state index in [-0.39, 0.29) is 0 Å². The van der Waals surface area contributed by atoms with E-state index in [1.54, 1.807) is 24.3 Å². The van der Waals surface area contributed by atoms with Gasteiger partial charge in [-0.25, -0.2) is 0 Å². The molecule has 2 rings (SSSR count). The second kappa shape index (κ2) is 10.3. The molecule has 1 heterocycles. The van der Waals surface area contributed by atoms with Gasteiger partial charge in [-0.3, -0.25) is 14.4 Å². The summed E-state index contributed by atoms with van der Waals surface area (Å²) >= 11 is 7.94. The van der Waals surface area contributed by atoms with Gasteiger partial charge in [-0.15, -0.1) is 0 Å². The molecule has 0 bridgehead atoms. The molecule has 154 valence electrons. The first-order valence-corrected chi connectivity index (χ1v) is 10.3. The summed E-state index contributed by atoms with van der Waals surface area (Å²) in [5, 5.41) is 0.520. The number of rotatable bonds is 6. The normalized spacial score (nSPS) is 26.8. The molecule has 5 atom stereocenters. The molecule has 0 unspecified atom stereocenters. The number of carbonyl (C=O) groups is 3. The van der Waals surface area contributed by atoms with Gasteiger partial charge < -0.3 is 23.7 Å². The standard InChI is InChI=1S/C18H20ClIO8/c1-9(21)24-15-14(8-20)28-18(27-13-6-4-12(19)5-7-13)17(26-11(3)23)16(15)25-10(2)22/h4-7,14-18H,8H2,1-3H3/t14-,15-,16-,17+,18+/m0/s1. The Balaban J connectivity index is 2.38. The summed E-state index contributed by atoms with van der Waals surface area (Å²) in [4.78, 5) is 34.9. The largest absolute Gasteiger partial charge is 0.461 e. The first kappa shape index (κ1) is 22.7. The van der Waals surface area contributed by atoms with Crippen molar-refractivity contribution >= 4 is 52.1 Å². The summed E-state index contributed by atoms with van der Waals surface area (Å²) in [6.45, 7) is 3.64. The first-order chi connectivity index (χ1) is 13.2. The third-order valence-electron chi connectivity index (χ3n) is 3.72. The van der Waals surface area contributed by atoms with Crippen LogP contribution >= 0.6 is 34.2 Å². The molecule has 1 aromatic carbocycles. The fourth-order valence-corrected chi connectivity index (χ4v) is 3.56. The Morgan fingerprint density at radius 3 is 1.93 bits per heavy atom. The zero-order valence-electron chi connectivity index (χ0n) is 15.4. The monoisotopic (exact) mass is 526 g/mol. The van der Waals surface area contributed by atoms with E-state index in [9.17, 15) is 14.4 Å². The van der Waals surface area contributed by atoms with Crippen molar-refractivity contribution in [3.05, 3.63) is 29.3 Å². The van der Waals surface area contributed by atoms with Crippen LogP contribution < -0.4 is 4.74 Å². The quantitative estimate of drug-likeness (QED) is 0.242. The predicted molar refractivity (Wildman–Crippen MR) is 106 cm³/mol. The van der Waals surface area contributed by atoms with E-state index < -0.39 is 48.6 Å². The van der Waals surface area contributed by atoms with Gasteiger partial charge in [-0.1, -0.05) is 34.2 Å². The maximum absolute atomic E-state index is 11.7. The van der Waals surface area contributed by atoms with Crippen molar-refractivity contribution < 1.29 is 38.1 Å². The molecule has 0 radical (unpaired) electrons. The van der Waals surface area contributed by atoms with Crippen LogP contribution in [0.25, 0.3) is 0 Å². The number of benzene rings is 1. The molecule has 1 aromatic rings. The van der Waals surface area contributed by atoms with Gasteiger partial charge in [-0.05, 0) is 24.3 Å². The molecule has 0 saturated carbocycles. The highest BCUT2D eigenvalue weighted by Gasteiger charge is 2.52. The van der Waals surface area contributed by atoms with Gasteiger partial charge in [0.1, 0.15) is 11.9 Å². The van der Waals surface area contributed by atoms with Crippen LogP contribution in [0.1, 0.15) is 20.8 Å². The number of ether oxygens (including phenoxy) is 5. The van der Waals surface area contributed by atoms with Gasteiger partial charge in [0.2, 0.25) is 12.4 Å². The number of alkyl halides is 1. The molecule has 0 N–H and O–H groups in total. The van der Waals surface area contributed by atoms with E-state index in [2.05, 4.69) is 22.6 Å². The predicted octanol–water partition coefficient (Wildman–Crippen LogP) is 2.67. The maximum atomic E-state index is 11.7. The number of hydrogen-bond acceptors (Lipinski definition) is 8. The summed E-state index contributed by atoms with van der Waals surface area (Å²) in [7, 11) is 0. The fourth-order valence-electron chi connectivity index (χ4n) is 2.72. The summed E-state index contributed by atoms with van der Waals surface area (Å²) in [6, 6.07) is 6.49. The zero-order valence-corrected chi connectivity index (χ0v) is 18.3. The first-order valence-electron chi connectivity index (χ1n) is 8.36. The minimum atomic E-state index is -1.15. The molecule has 8 nitrogen and oxygen atoms in total. The molecule has 0 spiro atoms. The highest BCUT2D eigenvalue weighted by atomic mass is 127. The van der Waals surface area contributed by atoms with Crippen LogP contribution in [0, 0.1) is 0 Å². The minimum Gasteiger partial charge on any atom is -0.461 e. The third-order valence-corrected chi connectivity index (χ3v) is 4.84. The topological polar surface area (TPSA) is 97.4 Å². The fraction of sp³-hybridized carbons (Fsp3) is 0.500. The number of esters is 3. The van der Waals surface area contributed by atoms with Crippen LogP contribution in [0.15, 0.2) is 24.3 Å². The highest BCUT2D eigenvalue weighted by Crippen LogP contribution is 2.31. The Labute approximate surface area is 180 Å². The van der Waals surface area contributed by atoms with E-state index in [0.717, 1.165) is 0 Å². The second-order valence-electron chi connectivity index (χ2n) is 5.99. The molecule has 0 aromatic heterocycles. The molecule has 1 aliphatic rings. The Morgan fingerprint density at radius 1 is 0.929 bits per heavy atom. The summed E-state index contributed by atoms with van der Waals surface area (Å²) in [5.41, 5.74) is 0. The smallest absolute Gasteiger partial charge is 0.303 e. The summed E-state index contributed by atoms with van der Waals surface area (Å²) in [5.74, 6) is -1.44. The van der Waals surface area contributed by atoms with Crippen LogP contribution in [0.3, 0.4) is 0 Å². The number of carbonyl (C=O) groups excluding carboxylic acids is 3. The van der Waals surface area contributed by atoms with Gasteiger partial charge in [0.15, 0.2) is 12.2 Å². The lowest BCUT2D eigenvalue weighted by atomic mass is 9.99. The highest BCUT2D eigenvalue weighted by molar-refractivity contribution is 14.1.